The maximum absolute atomic E-state index is 13.9. The van der Waals surface area contributed by atoms with Crippen LogP contribution in [0, 0.1) is 23.2 Å². The highest BCUT2D eigenvalue weighted by Crippen LogP contribution is 2.60. The molecule has 0 aromatic rings. The Morgan fingerprint density at radius 1 is 1.05 bits per heavy atom. The Morgan fingerprint density at radius 2 is 1.71 bits per heavy atom. The average molecular weight is 605 g/mol. The molecule has 9 heteroatoms. The van der Waals surface area contributed by atoms with Gasteiger partial charge in [0.05, 0.1) is 17.8 Å². The fourth-order valence-electron chi connectivity index (χ4n) is 7.70. The zero-order valence-corrected chi connectivity index (χ0v) is 25.4. The van der Waals surface area contributed by atoms with Gasteiger partial charge in [-0.15, -0.1) is 0 Å². The minimum absolute atomic E-state index is 0.0729. The number of aliphatic hydroxyl groups is 4. The van der Waals surface area contributed by atoms with E-state index in [4.69, 9.17) is 0 Å². The minimum Gasteiger partial charge on any atom is -0.393 e. The lowest BCUT2D eigenvalue weighted by molar-refractivity contribution is -0.305. The number of hydrogen-bond donors (Lipinski definition) is 4. The molecule has 3 saturated carbocycles. The third kappa shape index (κ3) is 7.74. The topological polar surface area (TPSA) is 80.9 Å². The maximum atomic E-state index is 13.9. The molecule has 0 aromatic heterocycles. The van der Waals surface area contributed by atoms with E-state index in [1.807, 2.05) is 6.08 Å². The van der Waals surface area contributed by atoms with Crippen molar-refractivity contribution in [3.8, 4) is 0 Å². The normalized spacial score (nSPS) is 33.8. The van der Waals surface area contributed by atoms with Crippen LogP contribution in [0.15, 0.2) is 47.6 Å². The second kappa shape index (κ2) is 12.8. The molecule has 4 N–H and O–H groups in total. The number of fused-ring (bicyclic) bond motifs is 1. The third-order valence-electron chi connectivity index (χ3n) is 10.1. The molecule has 0 radical (unpaired) electrons. The van der Waals surface area contributed by atoms with Gasteiger partial charge in [-0.25, -0.2) is 8.78 Å². The van der Waals surface area contributed by atoms with Crippen molar-refractivity contribution in [2.75, 3.05) is 0 Å². The lowest BCUT2D eigenvalue weighted by atomic mass is 9.60. The fraction of sp³-hybridized carbons (Fsp3) is 0.758. The van der Waals surface area contributed by atoms with Gasteiger partial charge in [-0.3, -0.25) is 0 Å². The van der Waals surface area contributed by atoms with Gasteiger partial charge in [-0.2, -0.15) is 13.2 Å². The second-order valence-electron chi connectivity index (χ2n) is 13.9. The van der Waals surface area contributed by atoms with Crippen molar-refractivity contribution in [2.24, 2.45) is 23.2 Å². The Kier molecular flexibility index (Phi) is 10.7. The largest absolute Gasteiger partial charge is 0.426 e. The van der Waals surface area contributed by atoms with Gasteiger partial charge >= 0.3 is 6.18 Å². The molecule has 0 amide bonds. The lowest BCUT2D eigenvalue weighted by Crippen LogP contribution is -2.56. The van der Waals surface area contributed by atoms with E-state index in [1.54, 1.807) is 13.8 Å². The second-order valence-corrected chi connectivity index (χ2v) is 13.9. The molecule has 0 bridgehead atoms. The van der Waals surface area contributed by atoms with E-state index in [9.17, 15) is 42.4 Å². The van der Waals surface area contributed by atoms with Crippen LogP contribution in [0.25, 0.3) is 0 Å². The summed E-state index contributed by atoms with van der Waals surface area (Å²) in [5.74, 6) is -4.15. The van der Waals surface area contributed by atoms with Crippen molar-refractivity contribution in [2.45, 2.75) is 134 Å². The molecule has 42 heavy (non-hydrogen) atoms. The van der Waals surface area contributed by atoms with Crippen molar-refractivity contribution >= 4 is 0 Å². The van der Waals surface area contributed by atoms with Crippen LogP contribution in [0.3, 0.4) is 0 Å². The van der Waals surface area contributed by atoms with Crippen LogP contribution >= 0.6 is 0 Å². The number of alkyl halides is 5. The number of allylic oxidation sites excluding steroid dienone is 4. The maximum Gasteiger partial charge on any atom is 0.426 e. The predicted octanol–water partition coefficient (Wildman–Crippen LogP) is 7.58. The van der Waals surface area contributed by atoms with Gasteiger partial charge in [-0.05, 0) is 112 Å². The van der Waals surface area contributed by atoms with Gasteiger partial charge in [-0.1, -0.05) is 43.7 Å². The summed E-state index contributed by atoms with van der Waals surface area (Å²) >= 11 is 0. The molecule has 0 spiro atoms. The lowest BCUT2D eigenvalue weighted by Gasteiger charge is -2.45. The van der Waals surface area contributed by atoms with E-state index >= 15 is 0 Å². The van der Waals surface area contributed by atoms with Crippen LogP contribution in [0.1, 0.15) is 98.3 Å². The first-order chi connectivity index (χ1) is 19.2. The first-order valence-corrected chi connectivity index (χ1v) is 15.2. The first-order valence-electron chi connectivity index (χ1n) is 15.2. The summed E-state index contributed by atoms with van der Waals surface area (Å²) < 4.78 is 68.4. The Morgan fingerprint density at radius 3 is 2.31 bits per heavy atom. The molecule has 1 unspecified atom stereocenters. The van der Waals surface area contributed by atoms with Crippen LogP contribution in [0.4, 0.5) is 22.0 Å². The van der Waals surface area contributed by atoms with Gasteiger partial charge < -0.3 is 20.4 Å². The van der Waals surface area contributed by atoms with Gasteiger partial charge in [0, 0.05) is 13.3 Å². The molecule has 7 atom stereocenters. The van der Waals surface area contributed by atoms with E-state index < -0.39 is 35.5 Å². The van der Waals surface area contributed by atoms with Gasteiger partial charge in [0.2, 0.25) is 5.60 Å². The van der Waals surface area contributed by atoms with Crippen molar-refractivity contribution < 1.29 is 42.4 Å². The van der Waals surface area contributed by atoms with Crippen LogP contribution in [-0.4, -0.2) is 55.9 Å². The van der Waals surface area contributed by atoms with E-state index in [0.29, 0.717) is 31.3 Å². The molecule has 3 aliphatic rings. The zero-order valence-electron chi connectivity index (χ0n) is 25.4. The van der Waals surface area contributed by atoms with E-state index in [1.165, 1.54) is 5.57 Å². The highest BCUT2D eigenvalue weighted by molar-refractivity contribution is 5.38. The van der Waals surface area contributed by atoms with Crippen LogP contribution < -0.4 is 0 Å². The van der Waals surface area contributed by atoms with E-state index in [2.05, 4.69) is 19.6 Å². The molecular weight excluding hydrogens is 555 g/mol. The summed E-state index contributed by atoms with van der Waals surface area (Å²) in [5, 5.41) is 40.6. The highest BCUT2D eigenvalue weighted by atomic mass is 19.4. The molecule has 0 saturated heterocycles. The van der Waals surface area contributed by atoms with Crippen LogP contribution in [-0.2, 0) is 0 Å². The molecule has 0 heterocycles. The van der Waals surface area contributed by atoms with Gasteiger partial charge in [0.1, 0.15) is 0 Å². The number of rotatable bonds is 10. The molecule has 4 nitrogen and oxygen atoms in total. The zero-order chi connectivity index (χ0) is 31.7. The van der Waals surface area contributed by atoms with Crippen LogP contribution in [0.5, 0.6) is 0 Å². The SMILES string of the molecule is C=C1/C(=C\C=C2/CCC[C@]3(C)[C@@H]([C@@H](C/C=C/C(O)(C(C)(F)F)C(F)(F)F)CCCC(C)(C)O)CC[C@@H]23)C[C@@H](O)C[C@@H]1O. The smallest absolute Gasteiger partial charge is 0.393 e. The standard InChI is InChI=1S/C33H49F5O4/c1-21-24(19-25(39)20-28(21)40)13-12-23-10-7-17-30(4)26(14-15-27(23)30)22(9-6-16-29(2,3)41)11-8-18-32(42,31(5,34)35)33(36,37)38/h8,12-13,18,22,25-28,39-42H,1,6-7,9-11,14-17,19-20H2,2-5H3/b18-8+,23-12+,24-13-/t22-,25-,26-,27+,28+,30-,32?/m1/s1. The molecule has 0 aromatic carbocycles. The molecule has 3 aliphatic carbocycles. The molecule has 3 fully saturated rings. The average Bonchev–Trinajstić information content (AvgIpc) is 3.19. The van der Waals surface area contributed by atoms with Crippen LogP contribution in [0.2, 0.25) is 0 Å². The molecule has 3 rings (SSSR count). The Bertz CT molecular complexity index is 1030. The highest BCUT2D eigenvalue weighted by Gasteiger charge is 2.65. The molecule has 240 valence electrons. The van der Waals surface area contributed by atoms with Gasteiger partial charge in [0.15, 0.2) is 0 Å². The number of hydrogen-bond acceptors (Lipinski definition) is 4. The van der Waals surface area contributed by atoms with Crippen molar-refractivity contribution in [1.29, 1.82) is 0 Å². The Balaban J connectivity index is 1.87. The summed E-state index contributed by atoms with van der Waals surface area (Å²) in [6.07, 6.45) is 5.50. The summed E-state index contributed by atoms with van der Waals surface area (Å²) in [6.45, 7) is 9.69. The summed E-state index contributed by atoms with van der Waals surface area (Å²) in [6, 6.07) is 0. The Hall–Kier alpha value is -1.55. The minimum atomic E-state index is -5.53. The first kappa shape index (κ1) is 34.9. The number of halogens is 5. The van der Waals surface area contributed by atoms with Crippen molar-refractivity contribution in [3.63, 3.8) is 0 Å². The number of aliphatic hydroxyl groups excluding tert-OH is 2. The Labute approximate surface area is 247 Å². The summed E-state index contributed by atoms with van der Waals surface area (Å²) in [5.41, 5.74) is -2.58. The predicted molar refractivity (Wildman–Crippen MR) is 154 cm³/mol. The monoisotopic (exact) mass is 604 g/mol. The van der Waals surface area contributed by atoms with Crippen molar-refractivity contribution in [1.82, 2.24) is 0 Å². The summed E-state index contributed by atoms with van der Waals surface area (Å²) in [7, 11) is 0. The van der Waals surface area contributed by atoms with E-state index in [0.717, 1.165) is 43.8 Å². The molecular formula is C33H49F5O4. The van der Waals surface area contributed by atoms with Gasteiger partial charge in [0.25, 0.3) is 5.92 Å². The van der Waals surface area contributed by atoms with E-state index in [-0.39, 0.29) is 49.0 Å². The third-order valence-corrected chi connectivity index (χ3v) is 10.1. The fourth-order valence-corrected chi connectivity index (χ4v) is 7.70. The molecule has 0 aliphatic heterocycles. The summed E-state index contributed by atoms with van der Waals surface area (Å²) in [4.78, 5) is 0. The van der Waals surface area contributed by atoms with Crippen molar-refractivity contribution in [3.05, 3.63) is 47.6 Å². The quantitative estimate of drug-likeness (QED) is 0.153.